The van der Waals surface area contributed by atoms with Gasteiger partial charge in [0.05, 0.1) is 11.1 Å². The molecule has 2 heterocycles. The van der Waals surface area contributed by atoms with Crippen LogP contribution < -0.4 is 14.8 Å². The molecule has 1 atom stereocenters. The van der Waals surface area contributed by atoms with E-state index in [0.29, 0.717) is 6.42 Å². The molecule has 0 radical (unpaired) electrons. The van der Waals surface area contributed by atoms with Gasteiger partial charge in [-0.3, -0.25) is 4.79 Å². The quantitative estimate of drug-likeness (QED) is 0.611. The van der Waals surface area contributed by atoms with E-state index in [-0.39, 0.29) is 34.2 Å². The predicted molar refractivity (Wildman–Crippen MR) is 119 cm³/mol. The number of halogens is 1. The maximum atomic E-state index is 13.6. The summed E-state index contributed by atoms with van der Waals surface area (Å²) in [6.45, 7) is 1.73. The van der Waals surface area contributed by atoms with Crippen molar-refractivity contribution in [1.29, 1.82) is 5.26 Å². The third-order valence-corrected chi connectivity index (χ3v) is 6.94. The number of aromatic nitrogens is 1. The molecule has 0 bridgehead atoms. The highest BCUT2D eigenvalue weighted by Gasteiger charge is 2.40. The van der Waals surface area contributed by atoms with Crippen molar-refractivity contribution < 1.29 is 22.3 Å². The van der Waals surface area contributed by atoms with Crippen LogP contribution in [0.4, 0.5) is 10.1 Å². The Morgan fingerprint density at radius 3 is 2.73 bits per heavy atom. The largest absolute Gasteiger partial charge is 0.488 e. The summed E-state index contributed by atoms with van der Waals surface area (Å²) >= 11 is 0. The molecular weight excluding hydrogens is 447 g/mol. The van der Waals surface area contributed by atoms with E-state index in [2.05, 4.69) is 10.0 Å². The standard InChI is InChI=1S/C23H21FN4O4S/c1-23(11-15-6-4-3-5-7-15)14-32-21-19(33(30,31)27-23)13-28(2)20(21)22(29)26-17-8-9-18(24)16(10-17)12-25/h3-10,13,27H,11,14H2,1-2H3,(H,26,29)/t23-/m0/s1. The number of amides is 1. The van der Waals surface area contributed by atoms with E-state index in [0.717, 1.165) is 11.6 Å². The van der Waals surface area contributed by atoms with Crippen molar-refractivity contribution >= 4 is 21.6 Å². The molecule has 33 heavy (non-hydrogen) atoms. The molecule has 1 aromatic heterocycles. The van der Waals surface area contributed by atoms with Gasteiger partial charge in [0.15, 0.2) is 11.4 Å². The SMILES string of the molecule is Cn1cc2c(c1C(=O)Nc1ccc(F)c(C#N)c1)OC[C@](C)(Cc1ccccc1)NS2(=O)=O. The van der Waals surface area contributed by atoms with Crippen LogP contribution in [-0.4, -0.2) is 31.0 Å². The number of ether oxygens (including phenoxy) is 1. The monoisotopic (exact) mass is 468 g/mol. The fraction of sp³-hybridized carbons (Fsp3) is 0.217. The summed E-state index contributed by atoms with van der Waals surface area (Å²) < 4.78 is 49.9. The molecule has 10 heteroatoms. The van der Waals surface area contributed by atoms with Gasteiger partial charge in [-0.1, -0.05) is 30.3 Å². The molecule has 3 aromatic rings. The summed E-state index contributed by atoms with van der Waals surface area (Å²) in [4.78, 5) is 12.9. The van der Waals surface area contributed by atoms with Gasteiger partial charge in [0.25, 0.3) is 5.91 Å². The van der Waals surface area contributed by atoms with Crippen LogP contribution >= 0.6 is 0 Å². The zero-order valence-corrected chi connectivity index (χ0v) is 18.7. The van der Waals surface area contributed by atoms with Crippen molar-refractivity contribution in [3.63, 3.8) is 0 Å². The first-order valence-electron chi connectivity index (χ1n) is 10.0. The Balaban J connectivity index is 1.66. The van der Waals surface area contributed by atoms with Gasteiger partial charge in [-0.2, -0.15) is 5.26 Å². The van der Waals surface area contributed by atoms with Crippen molar-refractivity contribution in [2.75, 3.05) is 11.9 Å². The van der Waals surface area contributed by atoms with Crippen LogP contribution in [0.1, 0.15) is 28.5 Å². The van der Waals surface area contributed by atoms with Gasteiger partial charge in [0.1, 0.15) is 23.4 Å². The second kappa shape index (κ2) is 8.35. The number of benzene rings is 2. The number of aryl methyl sites for hydroxylation is 1. The number of hydrogen-bond acceptors (Lipinski definition) is 5. The minimum absolute atomic E-state index is 0.00640. The van der Waals surface area contributed by atoms with Gasteiger partial charge in [0, 0.05) is 18.9 Å². The van der Waals surface area contributed by atoms with E-state index < -0.39 is 27.3 Å². The van der Waals surface area contributed by atoms with E-state index in [1.165, 1.54) is 29.9 Å². The molecule has 2 aromatic carbocycles. The lowest BCUT2D eigenvalue weighted by Crippen LogP contribution is -2.50. The molecule has 0 fully saturated rings. The molecule has 170 valence electrons. The summed E-state index contributed by atoms with van der Waals surface area (Å²) in [6.07, 6.45) is 1.70. The Kier molecular flexibility index (Phi) is 5.69. The summed E-state index contributed by atoms with van der Waals surface area (Å²) in [5.74, 6) is -1.43. The summed E-state index contributed by atoms with van der Waals surface area (Å²) in [7, 11) is -2.47. The van der Waals surface area contributed by atoms with Gasteiger partial charge in [-0.05, 0) is 37.1 Å². The third kappa shape index (κ3) is 4.46. The van der Waals surface area contributed by atoms with Crippen LogP contribution in [0.2, 0.25) is 0 Å². The molecule has 0 saturated carbocycles. The zero-order chi connectivity index (χ0) is 23.8. The number of carbonyl (C=O) groups is 1. The smallest absolute Gasteiger partial charge is 0.276 e. The molecule has 0 unspecified atom stereocenters. The molecule has 4 rings (SSSR count). The second-order valence-electron chi connectivity index (χ2n) is 8.16. The zero-order valence-electron chi connectivity index (χ0n) is 17.9. The van der Waals surface area contributed by atoms with Crippen LogP contribution in [0.15, 0.2) is 59.6 Å². The number of anilines is 1. The van der Waals surface area contributed by atoms with E-state index in [1.807, 2.05) is 30.3 Å². The number of hydrogen-bond donors (Lipinski definition) is 2. The molecule has 8 nitrogen and oxygen atoms in total. The molecule has 0 spiro atoms. The molecule has 0 aliphatic carbocycles. The van der Waals surface area contributed by atoms with E-state index in [1.54, 1.807) is 13.0 Å². The highest BCUT2D eigenvalue weighted by atomic mass is 32.2. The van der Waals surface area contributed by atoms with Crippen molar-refractivity contribution in [2.45, 2.75) is 23.8 Å². The first-order chi connectivity index (χ1) is 15.6. The fourth-order valence-electron chi connectivity index (χ4n) is 3.82. The van der Waals surface area contributed by atoms with Crippen molar-refractivity contribution in [3.8, 4) is 11.8 Å². The van der Waals surface area contributed by atoms with Crippen LogP contribution in [0, 0.1) is 17.1 Å². The minimum atomic E-state index is -4.00. The lowest BCUT2D eigenvalue weighted by atomic mass is 9.95. The first-order valence-corrected chi connectivity index (χ1v) is 11.5. The highest BCUT2D eigenvalue weighted by molar-refractivity contribution is 7.89. The first kappa shape index (κ1) is 22.5. The number of fused-ring (bicyclic) bond motifs is 1. The van der Waals surface area contributed by atoms with Crippen LogP contribution in [-0.2, 0) is 23.5 Å². The van der Waals surface area contributed by atoms with Gasteiger partial charge in [-0.15, -0.1) is 0 Å². The Morgan fingerprint density at radius 1 is 1.30 bits per heavy atom. The average Bonchev–Trinajstić information content (AvgIpc) is 3.07. The number of nitrogens with zero attached hydrogens (tertiary/aromatic N) is 2. The van der Waals surface area contributed by atoms with Crippen LogP contribution in [0.3, 0.4) is 0 Å². The van der Waals surface area contributed by atoms with Crippen molar-refractivity contribution in [2.24, 2.45) is 7.05 Å². The number of nitrogens with one attached hydrogen (secondary N) is 2. The maximum Gasteiger partial charge on any atom is 0.276 e. The number of rotatable bonds is 4. The van der Waals surface area contributed by atoms with E-state index in [9.17, 15) is 17.6 Å². The third-order valence-electron chi connectivity index (χ3n) is 5.30. The number of sulfonamides is 1. The van der Waals surface area contributed by atoms with Crippen LogP contribution in [0.5, 0.6) is 5.75 Å². The van der Waals surface area contributed by atoms with E-state index >= 15 is 0 Å². The summed E-state index contributed by atoms with van der Waals surface area (Å²) in [5.41, 5.74) is -0.0604. The molecule has 2 N–H and O–H groups in total. The predicted octanol–water partition coefficient (Wildman–Crippen LogP) is 2.96. The summed E-state index contributed by atoms with van der Waals surface area (Å²) in [5, 5.41) is 11.6. The van der Waals surface area contributed by atoms with Gasteiger partial charge >= 0.3 is 0 Å². The minimum Gasteiger partial charge on any atom is -0.488 e. The average molecular weight is 469 g/mol. The molecule has 0 saturated heterocycles. The molecule has 1 aliphatic heterocycles. The Hall–Kier alpha value is -3.68. The number of nitriles is 1. The van der Waals surface area contributed by atoms with E-state index in [4.69, 9.17) is 10.00 Å². The lowest BCUT2D eigenvalue weighted by molar-refractivity contribution is 0.101. The molecular formula is C23H21FN4O4S. The fourth-order valence-corrected chi connectivity index (χ4v) is 5.41. The maximum absolute atomic E-state index is 13.6. The van der Waals surface area contributed by atoms with Gasteiger partial charge in [-0.25, -0.2) is 17.5 Å². The van der Waals surface area contributed by atoms with Crippen molar-refractivity contribution in [3.05, 3.63) is 77.4 Å². The number of carbonyl (C=O) groups excluding carboxylic acids is 1. The van der Waals surface area contributed by atoms with Crippen molar-refractivity contribution in [1.82, 2.24) is 9.29 Å². The second-order valence-corrected chi connectivity index (χ2v) is 9.81. The molecule has 1 aliphatic rings. The molecule has 1 amide bonds. The van der Waals surface area contributed by atoms with Gasteiger partial charge < -0.3 is 14.6 Å². The topological polar surface area (TPSA) is 113 Å². The van der Waals surface area contributed by atoms with Crippen LogP contribution in [0.25, 0.3) is 0 Å². The lowest BCUT2D eigenvalue weighted by Gasteiger charge is -2.28. The normalized spacial score (nSPS) is 19.0. The van der Waals surface area contributed by atoms with Gasteiger partial charge in [0.2, 0.25) is 10.0 Å². The highest BCUT2D eigenvalue weighted by Crippen LogP contribution is 2.35. The summed E-state index contributed by atoms with van der Waals surface area (Å²) in [6, 6.07) is 14.7. The Labute approximate surface area is 190 Å². The Bertz CT molecular complexity index is 1380. The Morgan fingerprint density at radius 2 is 2.03 bits per heavy atom.